The zero-order valence-corrected chi connectivity index (χ0v) is 23.4. The lowest BCUT2D eigenvalue weighted by Crippen LogP contribution is -2.41. The van der Waals surface area contributed by atoms with E-state index in [9.17, 15) is 32.3 Å². The highest BCUT2D eigenvalue weighted by molar-refractivity contribution is 6.34. The number of carbonyl (C=O) groups excluding carboxylic acids is 4. The second-order valence-electron chi connectivity index (χ2n) is 11.2. The fourth-order valence-electron chi connectivity index (χ4n) is 6.06. The van der Waals surface area contributed by atoms with E-state index in [-0.39, 0.29) is 39.1 Å². The average Bonchev–Trinajstić information content (AvgIpc) is 3.63. The predicted octanol–water partition coefficient (Wildman–Crippen LogP) is 6.26. The summed E-state index contributed by atoms with van der Waals surface area (Å²) in [6, 6.07) is 21.5. The molecule has 10 heteroatoms. The van der Waals surface area contributed by atoms with Gasteiger partial charge in [0.05, 0.1) is 39.3 Å². The van der Waals surface area contributed by atoms with Crippen LogP contribution in [0, 0.1) is 0 Å². The number of aliphatic imine (C=N–C) groups is 1. The molecule has 4 aromatic carbocycles. The van der Waals surface area contributed by atoms with Crippen molar-refractivity contribution >= 4 is 40.7 Å². The molecular formula is C34H22F3N3O4. The fourth-order valence-corrected chi connectivity index (χ4v) is 6.06. The lowest BCUT2D eigenvalue weighted by atomic mass is 9.74. The highest BCUT2D eigenvalue weighted by atomic mass is 19.4. The number of para-hydroxylation sites is 1. The summed E-state index contributed by atoms with van der Waals surface area (Å²) in [5.41, 5.74) is 0.433. The van der Waals surface area contributed by atoms with E-state index in [4.69, 9.17) is 0 Å². The first-order valence-electron chi connectivity index (χ1n) is 13.7. The zero-order valence-electron chi connectivity index (χ0n) is 23.4. The van der Waals surface area contributed by atoms with Crippen LogP contribution < -0.4 is 4.90 Å². The molecule has 0 fully saturated rings. The Balaban J connectivity index is 1.23. The van der Waals surface area contributed by atoms with Crippen molar-refractivity contribution in [2.45, 2.75) is 24.9 Å². The van der Waals surface area contributed by atoms with Gasteiger partial charge >= 0.3 is 6.18 Å². The summed E-state index contributed by atoms with van der Waals surface area (Å²) >= 11 is 0. The highest BCUT2D eigenvalue weighted by Crippen LogP contribution is 2.48. The molecule has 3 aliphatic heterocycles. The van der Waals surface area contributed by atoms with E-state index in [0.717, 1.165) is 57.4 Å². The van der Waals surface area contributed by atoms with E-state index in [0.29, 0.717) is 6.42 Å². The summed E-state index contributed by atoms with van der Waals surface area (Å²) in [5.74, 6) is -2.68. The fraction of sp³-hybridized carbons (Fsp3) is 0.147. The topological polar surface area (TPSA) is 87.1 Å². The molecule has 0 aromatic heterocycles. The van der Waals surface area contributed by atoms with Gasteiger partial charge in [0.25, 0.3) is 23.6 Å². The molecule has 0 radical (unpaired) electrons. The van der Waals surface area contributed by atoms with E-state index in [1.807, 2.05) is 24.3 Å². The predicted molar refractivity (Wildman–Crippen MR) is 156 cm³/mol. The summed E-state index contributed by atoms with van der Waals surface area (Å²) in [4.78, 5) is 58.2. The van der Waals surface area contributed by atoms with E-state index in [2.05, 4.69) is 4.99 Å². The van der Waals surface area contributed by atoms with Gasteiger partial charge in [-0.15, -0.1) is 0 Å². The van der Waals surface area contributed by atoms with E-state index in [1.54, 1.807) is 24.3 Å². The van der Waals surface area contributed by atoms with Crippen molar-refractivity contribution < 1.29 is 32.3 Å². The van der Waals surface area contributed by atoms with Crippen molar-refractivity contribution in [1.82, 2.24) is 4.90 Å². The maximum absolute atomic E-state index is 14.9. The lowest BCUT2D eigenvalue weighted by molar-refractivity contribution is -0.173. The van der Waals surface area contributed by atoms with Gasteiger partial charge in [-0.1, -0.05) is 42.5 Å². The van der Waals surface area contributed by atoms with Crippen LogP contribution in [-0.4, -0.2) is 47.5 Å². The van der Waals surface area contributed by atoms with Crippen LogP contribution in [0.1, 0.15) is 70.6 Å². The van der Waals surface area contributed by atoms with Gasteiger partial charge in [0, 0.05) is 13.5 Å². The second-order valence-corrected chi connectivity index (χ2v) is 11.2. The van der Waals surface area contributed by atoms with Gasteiger partial charge in [-0.3, -0.25) is 29.1 Å². The SMILES string of the molecule is CN1C(=O)c2ccc(C(C)(c3ccc4c(c3)C(=O)N(c3ccc(C5=Nc6ccccc6C5)cc3)C4=O)C(F)(F)F)cc2C1=O. The molecule has 1 unspecified atom stereocenters. The monoisotopic (exact) mass is 593 g/mol. The summed E-state index contributed by atoms with van der Waals surface area (Å²) in [6.07, 6.45) is -4.22. The Kier molecular flexibility index (Phi) is 5.81. The lowest BCUT2D eigenvalue weighted by Gasteiger charge is -2.33. The van der Waals surface area contributed by atoms with E-state index < -0.39 is 35.2 Å². The van der Waals surface area contributed by atoms with Crippen LogP contribution in [0.2, 0.25) is 0 Å². The number of fused-ring (bicyclic) bond motifs is 3. The van der Waals surface area contributed by atoms with E-state index >= 15 is 0 Å². The first kappa shape index (κ1) is 27.5. The van der Waals surface area contributed by atoms with Crippen molar-refractivity contribution in [1.29, 1.82) is 0 Å². The molecule has 0 spiro atoms. The number of imide groups is 2. The normalized spacial score (nSPS) is 17.1. The number of hydrogen-bond donors (Lipinski definition) is 0. The maximum Gasteiger partial charge on any atom is 0.402 e. The molecule has 1 atom stereocenters. The third-order valence-electron chi connectivity index (χ3n) is 8.76. The number of nitrogens with zero attached hydrogens (tertiary/aromatic N) is 3. The molecular weight excluding hydrogens is 571 g/mol. The zero-order chi connectivity index (χ0) is 31.1. The molecule has 4 amide bonds. The quantitative estimate of drug-likeness (QED) is 0.262. The number of alkyl halides is 3. The Morgan fingerprint density at radius 1 is 0.682 bits per heavy atom. The Bertz CT molecular complexity index is 2000. The summed E-state index contributed by atoms with van der Waals surface area (Å²) in [7, 11) is 1.26. The first-order valence-corrected chi connectivity index (χ1v) is 13.7. The van der Waals surface area contributed by atoms with Crippen molar-refractivity contribution in [2.24, 2.45) is 4.99 Å². The molecule has 44 heavy (non-hydrogen) atoms. The van der Waals surface area contributed by atoms with Gasteiger partial charge < -0.3 is 0 Å². The molecule has 218 valence electrons. The molecule has 3 heterocycles. The largest absolute Gasteiger partial charge is 0.402 e. The van der Waals surface area contributed by atoms with E-state index in [1.165, 1.54) is 25.2 Å². The van der Waals surface area contributed by atoms with Crippen LogP contribution in [-0.2, 0) is 11.8 Å². The van der Waals surface area contributed by atoms with Crippen LogP contribution >= 0.6 is 0 Å². The molecule has 0 bridgehead atoms. The molecule has 0 aliphatic carbocycles. The number of rotatable bonds is 4. The van der Waals surface area contributed by atoms with Gasteiger partial charge in [-0.25, -0.2) is 4.90 Å². The van der Waals surface area contributed by atoms with Gasteiger partial charge in [-0.2, -0.15) is 13.2 Å². The molecule has 4 aromatic rings. The molecule has 7 rings (SSSR count). The number of hydrogen-bond acceptors (Lipinski definition) is 5. The number of halogens is 3. The molecule has 0 N–H and O–H groups in total. The molecule has 0 saturated heterocycles. The van der Waals surface area contributed by atoms with Crippen molar-refractivity contribution in [3.63, 3.8) is 0 Å². The molecule has 3 aliphatic rings. The van der Waals surface area contributed by atoms with Crippen molar-refractivity contribution in [2.75, 3.05) is 11.9 Å². The number of carbonyl (C=O) groups is 4. The molecule has 7 nitrogen and oxygen atoms in total. The minimum atomic E-state index is -4.86. The summed E-state index contributed by atoms with van der Waals surface area (Å²) < 4.78 is 44.6. The number of amides is 4. The van der Waals surface area contributed by atoms with Crippen LogP contribution in [0.4, 0.5) is 24.5 Å². The van der Waals surface area contributed by atoms with Gasteiger partial charge in [-0.05, 0) is 71.6 Å². The van der Waals surface area contributed by atoms with Crippen LogP contribution in [0.15, 0.2) is 89.9 Å². The Morgan fingerprint density at radius 2 is 1.23 bits per heavy atom. The minimum absolute atomic E-state index is 0.0145. The highest BCUT2D eigenvalue weighted by Gasteiger charge is 2.55. The van der Waals surface area contributed by atoms with Crippen molar-refractivity contribution in [3.05, 3.63) is 129 Å². The van der Waals surface area contributed by atoms with Crippen LogP contribution in [0.3, 0.4) is 0 Å². The average molecular weight is 594 g/mol. The number of anilines is 1. The first-order chi connectivity index (χ1) is 20.9. The Morgan fingerprint density at radius 3 is 1.84 bits per heavy atom. The summed E-state index contributed by atoms with van der Waals surface area (Å²) in [5, 5.41) is 0. The van der Waals surface area contributed by atoms with Crippen LogP contribution in [0.25, 0.3) is 0 Å². The standard InChI is InChI=1S/C34H22F3N3O4/c1-33(34(35,36)37,20-9-13-23-25(16-20)30(42)39(2)29(23)41)21-10-14-24-26(17-21)32(44)40(31(24)43)22-11-7-18(8-12-22)28-15-19-5-3-4-6-27(19)38-28/h3-14,16-17H,15H2,1-2H3. The minimum Gasteiger partial charge on any atom is -0.277 e. The smallest absolute Gasteiger partial charge is 0.277 e. The van der Waals surface area contributed by atoms with Gasteiger partial charge in [0.1, 0.15) is 5.41 Å². The van der Waals surface area contributed by atoms with Gasteiger partial charge in [0.15, 0.2) is 0 Å². The third-order valence-corrected chi connectivity index (χ3v) is 8.76. The Hall–Kier alpha value is -5.38. The molecule has 0 saturated carbocycles. The number of benzene rings is 4. The third kappa shape index (κ3) is 3.80. The maximum atomic E-state index is 14.9. The van der Waals surface area contributed by atoms with Crippen molar-refractivity contribution in [3.8, 4) is 0 Å². The summed E-state index contributed by atoms with van der Waals surface area (Å²) in [6.45, 7) is 0.948. The van der Waals surface area contributed by atoms with Crippen LogP contribution in [0.5, 0.6) is 0 Å². The second kappa shape index (κ2) is 9.31. The Labute approximate surface area is 249 Å². The van der Waals surface area contributed by atoms with Gasteiger partial charge in [0.2, 0.25) is 0 Å².